The van der Waals surface area contributed by atoms with E-state index >= 15 is 0 Å². The van der Waals surface area contributed by atoms with Gasteiger partial charge in [-0.25, -0.2) is 0 Å². The quantitative estimate of drug-likeness (QED) is 0.706. The van der Waals surface area contributed by atoms with E-state index in [0.29, 0.717) is 49.5 Å². The molecule has 2 aromatic heterocycles. The van der Waals surface area contributed by atoms with Gasteiger partial charge >= 0.3 is 0 Å². The first-order chi connectivity index (χ1) is 13.7. The molecule has 0 bridgehead atoms. The number of anilines is 2. The number of piperazine rings is 1. The first-order valence-corrected chi connectivity index (χ1v) is 9.32. The summed E-state index contributed by atoms with van der Waals surface area (Å²) in [5, 5.41) is 12.0. The molecule has 0 saturated carbocycles. The third kappa shape index (κ3) is 4.23. The van der Waals surface area contributed by atoms with Crippen LogP contribution in [0.15, 0.2) is 53.3 Å². The zero-order valence-corrected chi connectivity index (χ0v) is 15.8. The number of benzene rings is 1. The maximum Gasteiger partial charge on any atom is 0.289 e. The van der Waals surface area contributed by atoms with Crippen molar-refractivity contribution in [2.24, 2.45) is 0 Å². The monoisotopic (exact) mass is 398 g/mol. The summed E-state index contributed by atoms with van der Waals surface area (Å²) in [4.78, 5) is 20.8. The van der Waals surface area contributed by atoms with E-state index in [2.05, 4.69) is 25.4 Å². The third-order valence-electron chi connectivity index (χ3n) is 4.53. The number of carbonyl (C=O) groups is 1. The highest BCUT2D eigenvalue weighted by Gasteiger charge is 2.24. The fourth-order valence-corrected chi connectivity index (χ4v) is 3.13. The number of nitrogens with zero attached hydrogens (tertiary/aromatic N) is 5. The van der Waals surface area contributed by atoms with Gasteiger partial charge in [0.15, 0.2) is 11.6 Å². The molecular weight excluding hydrogens is 380 g/mol. The predicted molar refractivity (Wildman–Crippen MR) is 105 cm³/mol. The molecule has 3 heterocycles. The average molecular weight is 399 g/mol. The molecule has 1 aromatic carbocycles. The van der Waals surface area contributed by atoms with Gasteiger partial charge in [0, 0.05) is 37.7 Å². The van der Waals surface area contributed by atoms with Crippen molar-refractivity contribution in [2.45, 2.75) is 6.54 Å². The van der Waals surface area contributed by atoms with Crippen LogP contribution in [0.3, 0.4) is 0 Å². The van der Waals surface area contributed by atoms with Crippen LogP contribution >= 0.6 is 11.6 Å². The maximum absolute atomic E-state index is 12.4. The number of rotatable bonds is 5. The molecule has 8 nitrogen and oxygen atoms in total. The lowest BCUT2D eigenvalue weighted by Crippen LogP contribution is -2.49. The van der Waals surface area contributed by atoms with Crippen LogP contribution in [0.1, 0.15) is 16.1 Å². The second kappa shape index (κ2) is 8.26. The normalized spacial score (nSPS) is 14.2. The second-order valence-corrected chi connectivity index (χ2v) is 6.81. The van der Waals surface area contributed by atoms with Gasteiger partial charge in [0.2, 0.25) is 5.95 Å². The summed E-state index contributed by atoms with van der Waals surface area (Å²) in [6, 6.07) is 11.0. The van der Waals surface area contributed by atoms with Gasteiger partial charge < -0.3 is 19.5 Å². The van der Waals surface area contributed by atoms with E-state index in [9.17, 15) is 4.79 Å². The van der Waals surface area contributed by atoms with Gasteiger partial charge in [0.25, 0.3) is 5.91 Å². The van der Waals surface area contributed by atoms with Crippen molar-refractivity contribution in [1.82, 2.24) is 20.1 Å². The molecule has 9 heteroatoms. The van der Waals surface area contributed by atoms with Gasteiger partial charge in [-0.3, -0.25) is 4.79 Å². The Morgan fingerprint density at radius 1 is 1.14 bits per heavy atom. The largest absolute Gasteiger partial charge is 0.459 e. The summed E-state index contributed by atoms with van der Waals surface area (Å²) >= 11 is 5.90. The molecule has 28 heavy (non-hydrogen) atoms. The van der Waals surface area contributed by atoms with Gasteiger partial charge in [-0.2, -0.15) is 10.1 Å². The average Bonchev–Trinajstić information content (AvgIpc) is 3.28. The van der Waals surface area contributed by atoms with Crippen LogP contribution in [0.2, 0.25) is 5.02 Å². The second-order valence-electron chi connectivity index (χ2n) is 6.37. The van der Waals surface area contributed by atoms with Crippen molar-refractivity contribution in [3.05, 3.63) is 65.2 Å². The Labute approximate surface area is 167 Å². The number of carbonyl (C=O) groups excluding carboxylic acids is 1. The third-order valence-corrected chi connectivity index (χ3v) is 4.78. The van der Waals surface area contributed by atoms with Gasteiger partial charge in [-0.15, -0.1) is 5.10 Å². The smallest absolute Gasteiger partial charge is 0.289 e. The SMILES string of the molecule is O=C(c1ccco1)N1CCN(c2cnnc(NCc3ccc(Cl)cc3)n2)CC1. The number of amides is 1. The molecule has 0 aliphatic carbocycles. The van der Waals surface area contributed by atoms with E-state index in [1.54, 1.807) is 23.2 Å². The van der Waals surface area contributed by atoms with E-state index in [1.165, 1.54) is 6.26 Å². The standard InChI is InChI=1S/C19H19ClN6O2/c20-15-5-3-14(4-6-15)12-21-19-23-17(13-22-24-19)25-7-9-26(10-8-25)18(27)16-2-1-11-28-16/h1-6,11,13H,7-10,12H2,(H,21,23,24). The van der Waals surface area contributed by atoms with Crippen LogP contribution in [-0.2, 0) is 6.54 Å². The number of hydrogen-bond acceptors (Lipinski definition) is 7. The Kier molecular flexibility index (Phi) is 5.38. The van der Waals surface area contributed by atoms with E-state index in [4.69, 9.17) is 16.0 Å². The first-order valence-electron chi connectivity index (χ1n) is 8.95. The fourth-order valence-electron chi connectivity index (χ4n) is 3.00. The van der Waals surface area contributed by atoms with E-state index in [-0.39, 0.29) is 5.91 Å². The predicted octanol–water partition coefficient (Wildman–Crippen LogP) is 2.69. The minimum absolute atomic E-state index is 0.0872. The highest BCUT2D eigenvalue weighted by molar-refractivity contribution is 6.30. The van der Waals surface area contributed by atoms with Gasteiger partial charge in [-0.05, 0) is 29.8 Å². The van der Waals surface area contributed by atoms with Gasteiger partial charge in [-0.1, -0.05) is 23.7 Å². The van der Waals surface area contributed by atoms with Crippen molar-refractivity contribution in [1.29, 1.82) is 0 Å². The summed E-state index contributed by atoms with van der Waals surface area (Å²) in [6.45, 7) is 3.10. The molecule has 144 valence electrons. The molecule has 0 unspecified atom stereocenters. The maximum atomic E-state index is 12.4. The van der Waals surface area contributed by atoms with E-state index < -0.39 is 0 Å². The van der Waals surface area contributed by atoms with E-state index in [0.717, 1.165) is 11.4 Å². The summed E-state index contributed by atoms with van der Waals surface area (Å²) in [6.07, 6.45) is 3.14. The highest BCUT2D eigenvalue weighted by Crippen LogP contribution is 2.16. The lowest BCUT2D eigenvalue weighted by Gasteiger charge is -2.34. The minimum Gasteiger partial charge on any atom is -0.459 e. The van der Waals surface area contributed by atoms with Gasteiger partial charge in [0.1, 0.15) is 0 Å². The Hall–Kier alpha value is -3.13. The summed E-state index contributed by atoms with van der Waals surface area (Å²) in [5.74, 6) is 1.47. The zero-order valence-electron chi connectivity index (χ0n) is 15.1. The molecular formula is C19H19ClN6O2. The van der Waals surface area contributed by atoms with E-state index in [1.807, 2.05) is 24.3 Å². The summed E-state index contributed by atoms with van der Waals surface area (Å²) in [5.41, 5.74) is 1.07. The zero-order chi connectivity index (χ0) is 19.3. The van der Waals surface area contributed by atoms with Crippen LogP contribution in [0, 0.1) is 0 Å². The van der Waals surface area contributed by atoms with Crippen LogP contribution in [0.5, 0.6) is 0 Å². The molecule has 1 amide bonds. The van der Waals surface area contributed by atoms with Crippen molar-refractivity contribution < 1.29 is 9.21 Å². The fraction of sp³-hybridized carbons (Fsp3) is 0.263. The highest BCUT2D eigenvalue weighted by atomic mass is 35.5. The van der Waals surface area contributed by atoms with Crippen molar-refractivity contribution in [3.8, 4) is 0 Å². The molecule has 1 fully saturated rings. The molecule has 0 spiro atoms. The minimum atomic E-state index is -0.0872. The van der Waals surface area contributed by atoms with Gasteiger partial charge in [0.05, 0.1) is 12.5 Å². The topological polar surface area (TPSA) is 87.4 Å². The van der Waals surface area contributed by atoms with Crippen LogP contribution < -0.4 is 10.2 Å². The Morgan fingerprint density at radius 3 is 2.64 bits per heavy atom. The number of halogens is 1. The van der Waals surface area contributed by atoms with Crippen molar-refractivity contribution >= 4 is 29.3 Å². The number of nitrogens with one attached hydrogen (secondary N) is 1. The Bertz CT molecular complexity index is 924. The van der Waals surface area contributed by atoms with Crippen molar-refractivity contribution in [3.63, 3.8) is 0 Å². The number of furan rings is 1. The Balaban J connectivity index is 1.34. The lowest BCUT2D eigenvalue weighted by molar-refractivity contribution is 0.0714. The van der Waals surface area contributed by atoms with Crippen LogP contribution in [-0.4, -0.2) is 52.2 Å². The molecule has 1 saturated heterocycles. The summed E-state index contributed by atoms with van der Waals surface area (Å²) < 4.78 is 5.19. The number of aromatic nitrogens is 3. The first kappa shape index (κ1) is 18.2. The molecule has 0 radical (unpaired) electrons. The van der Waals surface area contributed by atoms with Crippen LogP contribution in [0.4, 0.5) is 11.8 Å². The molecule has 1 aliphatic rings. The molecule has 0 atom stereocenters. The molecule has 4 rings (SSSR count). The molecule has 1 N–H and O–H groups in total. The van der Waals surface area contributed by atoms with Crippen LogP contribution in [0.25, 0.3) is 0 Å². The molecule has 3 aromatic rings. The number of hydrogen-bond donors (Lipinski definition) is 1. The lowest BCUT2D eigenvalue weighted by atomic mass is 10.2. The summed E-state index contributed by atoms with van der Waals surface area (Å²) in [7, 11) is 0. The molecule has 1 aliphatic heterocycles. The Morgan fingerprint density at radius 2 is 1.93 bits per heavy atom. The van der Waals surface area contributed by atoms with Crippen molar-refractivity contribution in [2.75, 3.05) is 36.4 Å².